The van der Waals surface area contributed by atoms with Crippen molar-refractivity contribution in [2.75, 3.05) is 45.2 Å². The lowest BCUT2D eigenvalue weighted by molar-refractivity contribution is -0.461. The SMILES string of the molecule is C[N+](C)=CNC(=O)N1CCN(c2ncc(C(F)(F)F)cc2Cl)CC1. The Kier molecular flexibility index (Phi) is 5.53. The molecule has 0 bridgehead atoms. The summed E-state index contributed by atoms with van der Waals surface area (Å²) in [5.74, 6) is 0.296. The first-order chi connectivity index (χ1) is 11.2. The number of rotatable bonds is 2. The van der Waals surface area contributed by atoms with Crippen molar-refractivity contribution in [3.05, 3.63) is 22.8 Å². The fraction of sp³-hybridized carbons (Fsp3) is 0.500. The molecule has 0 aliphatic carbocycles. The van der Waals surface area contributed by atoms with Crippen LogP contribution in [-0.2, 0) is 6.18 Å². The highest BCUT2D eigenvalue weighted by Crippen LogP contribution is 2.33. The van der Waals surface area contributed by atoms with Gasteiger partial charge in [-0.05, 0) is 6.07 Å². The number of hydrogen-bond donors (Lipinski definition) is 1. The van der Waals surface area contributed by atoms with E-state index in [-0.39, 0.29) is 11.1 Å². The van der Waals surface area contributed by atoms with Crippen LogP contribution in [0.4, 0.5) is 23.8 Å². The fourth-order valence-electron chi connectivity index (χ4n) is 2.22. The lowest BCUT2D eigenvalue weighted by Gasteiger charge is -2.34. The van der Waals surface area contributed by atoms with Crippen molar-refractivity contribution in [2.45, 2.75) is 6.18 Å². The Morgan fingerprint density at radius 2 is 1.96 bits per heavy atom. The Morgan fingerprint density at radius 3 is 2.46 bits per heavy atom. The number of anilines is 1. The number of pyridine rings is 1. The molecule has 2 amide bonds. The van der Waals surface area contributed by atoms with Gasteiger partial charge in [0.05, 0.1) is 24.7 Å². The number of hydrogen-bond acceptors (Lipinski definition) is 3. The van der Waals surface area contributed by atoms with Gasteiger partial charge in [-0.3, -0.25) is 4.58 Å². The highest BCUT2D eigenvalue weighted by Gasteiger charge is 2.32. The normalized spacial score (nSPS) is 15.2. The highest BCUT2D eigenvalue weighted by atomic mass is 35.5. The van der Waals surface area contributed by atoms with Crippen molar-refractivity contribution in [3.8, 4) is 0 Å². The maximum Gasteiger partial charge on any atom is 0.417 e. The lowest BCUT2D eigenvalue weighted by Crippen LogP contribution is -2.52. The van der Waals surface area contributed by atoms with Crippen LogP contribution >= 0.6 is 11.6 Å². The van der Waals surface area contributed by atoms with Crippen molar-refractivity contribution in [1.29, 1.82) is 0 Å². The molecule has 2 rings (SSSR count). The van der Waals surface area contributed by atoms with Crippen molar-refractivity contribution in [1.82, 2.24) is 15.2 Å². The average molecular weight is 365 g/mol. The van der Waals surface area contributed by atoms with E-state index in [1.165, 1.54) is 0 Å². The number of alkyl halides is 3. The third-order valence-corrected chi connectivity index (χ3v) is 3.74. The molecule has 1 aliphatic heterocycles. The van der Waals surface area contributed by atoms with Crippen LogP contribution in [0.1, 0.15) is 5.56 Å². The molecule has 6 nitrogen and oxygen atoms in total. The van der Waals surface area contributed by atoms with Crippen molar-refractivity contribution in [3.63, 3.8) is 0 Å². The molecule has 1 aromatic rings. The standard InChI is InChI=1S/C14H17ClF3N5O/c1-21(2)9-20-13(24)23-5-3-22(4-6-23)12-11(15)7-10(8-19-12)14(16,17)18/h7-9H,3-6H2,1-2H3/p+1. The second kappa shape index (κ2) is 7.25. The molecule has 24 heavy (non-hydrogen) atoms. The van der Waals surface area contributed by atoms with Gasteiger partial charge >= 0.3 is 12.2 Å². The van der Waals surface area contributed by atoms with Crippen LogP contribution in [0.2, 0.25) is 5.02 Å². The van der Waals surface area contributed by atoms with E-state index in [9.17, 15) is 18.0 Å². The number of piperazine rings is 1. The summed E-state index contributed by atoms with van der Waals surface area (Å²) in [5, 5.41) is 2.59. The number of nitrogens with one attached hydrogen (secondary N) is 1. The van der Waals surface area contributed by atoms with E-state index >= 15 is 0 Å². The Hall–Kier alpha value is -2.03. The molecular weight excluding hydrogens is 347 g/mol. The zero-order chi connectivity index (χ0) is 17.9. The molecule has 1 fully saturated rings. The summed E-state index contributed by atoms with van der Waals surface area (Å²) < 4.78 is 39.6. The first kappa shape index (κ1) is 18.3. The summed E-state index contributed by atoms with van der Waals surface area (Å²) in [6, 6.07) is 0.643. The van der Waals surface area contributed by atoms with Crippen LogP contribution in [0, 0.1) is 0 Å². The number of aromatic nitrogens is 1. The summed E-state index contributed by atoms with van der Waals surface area (Å²) in [5.41, 5.74) is -0.881. The molecule has 0 aromatic carbocycles. The smallest absolute Gasteiger partial charge is 0.352 e. The molecule has 10 heteroatoms. The van der Waals surface area contributed by atoms with Gasteiger partial charge in [0.1, 0.15) is 5.82 Å². The minimum Gasteiger partial charge on any atom is -0.352 e. The molecule has 0 radical (unpaired) electrons. The van der Waals surface area contributed by atoms with Crippen molar-refractivity contribution >= 4 is 29.8 Å². The monoisotopic (exact) mass is 364 g/mol. The lowest BCUT2D eigenvalue weighted by atomic mass is 10.2. The molecular formula is C14H18ClF3N5O+. The Labute approximate surface area is 142 Å². The van der Waals surface area contributed by atoms with Gasteiger partial charge in [-0.1, -0.05) is 11.6 Å². The van der Waals surface area contributed by atoms with Crippen LogP contribution in [0.15, 0.2) is 12.3 Å². The topological polar surface area (TPSA) is 51.5 Å². The molecule has 0 spiro atoms. The number of amides is 2. The predicted octanol–water partition coefficient (Wildman–Crippen LogP) is 1.89. The number of halogens is 4. The van der Waals surface area contributed by atoms with Crippen molar-refractivity contribution in [2.24, 2.45) is 0 Å². The largest absolute Gasteiger partial charge is 0.417 e. The predicted molar refractivity (Wildman–Crippen MR) is 84.7 cm³/mol. The molecule has 0 saturated carbocycles. The number of nitrogens with zero attached hydrogens (tertiary/aromatic N) is 4. The molecule has 132 valence electrons. The minimum absolute atomic E-state index is 0.0522. The van der Waals surface area contributed by atoms with E-state index in [2.05, 4.69) is 10.3 Å². The van der Waals surface area contributed by atoms with E-state index in [0.29, 0.717) is 32.0 Å². The van der Waals surface area contributed by atoms with Gasteiger partial charge in [0.15, 0.2) is 0 Å². The maximum atomic E-state index is 12.6. The van der Waals surface area contributed by atoms with Crippen LogP contribution in [0.5, 0.6) is 0 Å². The van der Waals surface area contributed by atoms with Crippen LogP contribution in [0.3, 0.4) is 0 Å². The summed E-state index contributed by atoms with van der Waals surface area (Å²) >= 11 is 5.94. The molecule has 2 heterocycles. The first-order valence-electron chi connectivity index (χ1n) is 7.21. The fourth-order valence-corrected chi connectivity index (χ4v) is 2.50. The van der Waals surface area contributed by atoms with E-state index in [1.54, 1.807) is 34.8 Å². The van der Waals surface area contributed by atoms with Crippen LogP contribution < -0.4 is 10.2 Å². The van der Waals surface area contributed by atoms with Gasteiger partial charge in [0.2, 0.25) is 6.34 Å². The maximum absolute atomic E-state index is 12.6. The molecule has 1 aromatic heterocycles. The average Bonchev–Trinajstić information content (AvgIpc) is 2.52. The van der Waals surface area contributed by atoms with E-state index < -0.39 is 11.7 Å². The van der Waals surface area contributed by atoms with E-state index in [1.807, 2.05) is 0 Å². The number of carbonyl (C=O) groups is 1. The summed E-state index contributed by atoms with van der Waals surface area (Å²) in [6.45, 7) is 1.72. The number of carbonyl (C=O) groups excluding carboxylic acids is 1. The molecule has 1 saturated heterocycles. The minimum atomic E-state index is -4.48. The Morgan fingerprint density at radius 1 is 1.33 bits per heavy atom. The Balaban J connectivity index is 2.00. The van der Waals surface area contributed by atoms with E-state index in [4.69, 9.17) is 11.6 Å². The van der Waals surface area contributed by atoms with Gasteiger partial charge in [-0.2, -0.15) is 18.5 Å². The third-order valence-electron chi connectivity index (χ3n) is 3.46. The quantitative estimate of drug-likeness (QED) is 0.495. The molecule has 1 aliphatic rings. The molecule has 1 N–H and O–H groups in total. The second-order valence-corrected chi connectivity index (χ2v) is 5.95. The first-order valence-corrected chi connectivity index (χ1v) is 7.59. The highest BCUT2D eigenvalue weighted by molar-refractivity contribution is 6.33. The molecule has 0 atom stereocenters. The summed E-state index contributed by atoms with van der Waals surface area (Å²) in [4.78, 5) is 19.2. The van der Waals surface area contributed by atoms with Gasteiger partial charge in [0.25, 0.3) is 0 Å². The van der Waals surface area contributed by atoms with Crippen molar-refractivity contribution < 1.29 is 22.5 Å². The van der Waals surface area contributed by atoms with E-state index in [0.717, 1.165) is 12.3 Å². The van der Waals surface area contributed by atoms with Gasteiger partial charge < -0.3 is 9.80 Å². The Bertz CT molecular complexity index is 638. The summed E-state index contributed by atoms with van der Waals surface area (Å²) in [6.07, 6.45) is -2.16. The van der Waals surface area contributed by atoms with Gasteiger partial charge in [-0.25, -0.2) is 9.78 Å². The zero-order valence-corrected chi connectivity index (χ0v) is 14.0. The van der Waals surface area contributed by atoms with Gasteiger partial charge in [-0.15, -0.1) is 0 Å². The number of urea groups is 1. The zero-order valence-electron chi connectivity index (χ0n) is 13.3. The van der Waals surface area contributed by atoms with Gasteiger partial charge in [0, 0.05) is 32.4 Å². The second-order valence-electron chi connectivity index (χ2n) is 5.54. The van der Waals surface area contributed by atoms with Crippen LogP contribution in [-0.4, -0.2) is 67.1 Å². The third kappa shape index (κ3) is 4.50. The molecule has 0 unspecified atom stereocenters. The van der Waals surface area contributed by atoms with Crippen LogP contribution in [0.25, 0.3) is 0 Å². The summed E-state index contributed by atoms with van der Waals surface area (Å²) in [7, 11) is 3.58.